The van der Waals surface area contributed by atoms with Gasteiger partial charge >= 0.3 is 5.97 Å². The first-order valence-electron chi connectivity index (χ1n) is 7.30. The molecule has 0 fully saturated rings. The predicted molar refractivity (Wildman–Crippen MR) is 82.8 cm³/mol. The third kappa shape index (κ3) is 3.85. The Hall–Kier alpha value is -2.34. The number of carbonyl (C=O) groups excluding carboxylic acids is 1. The van der Waals surface area contributed by atoms with Crippen LogP contribution in [0.2, 0.25) is 0 Å². The summed E-state index contributed by atoms with van der Waals surface area (Å²) in [5.41, 5.74) is 6.52. The maximum atomic E-state index is 11.5. The van der Waals surface area contributed by atoms with E-state index in [1.54, 1.807) is 12.1 Å². The first-order chi connectivity index (χ1) is 10.5. The van der Waals surface area contributed by atoms with Crippen LogP contribution >= 0.6 is 0 Å². The molecule has 4 N–H and O–H groups in total. The number of fused-ring (bicyclic) bond motifs is 1. The summed E-state index contributed by atoms with van der Waals surface area (Å²) in [6.07, 6.45) is 2.01. The van der Waals surface area contributed by atoms with Gasteiger partial charge < -0.3 is 20.6 Å². The van der Waals surface area contributed by atoms with Crippen molar-refractivity contribution in [3.05, 3.63) is 35.6 Å². The van der Waals surface area contributed by atoms with Crippen LogP contribution in [0.4, 0.5) is 0 Å². The van der Waals surface area contributed by atoms with Crippen molar-refractivity contribution in [3.8, 4) is 0 Å². The van der Waals surface area contributed by atoms with Gasteiger partial charge in [-0.15, -0.1) is 0 Å². The predicted octanol–water partition coefficient (Wildman–Crippen LogP) is 1.92. The Bertz CT molecular complexity index is 678. The van der Waals surface area contributed by atoms with Gasteiger partial charge in [-0.1, -0.05) is 6.92 Å². The first-order valence-corrected chi connectivity index (χ1v) is 7.30. The van der Waals surface area contributed by atoms with E-state index in [0.717, 1.165) is 17.6 Å². The number of furan rings is 1. The van der Waals surface area contributed by atoms with Crippen LogP contribution in [0.1, 0.15) is 35.9 Å². The van der Waals surface area contributed by atoms with Crippen molar-refractivity contribution in [1.29, 1.82) is 0 Å². The van der Waals surface area contributed by atoms with Crippen LogP contribution in [-0.2, 0) is 11.2 Å². The summed E-state index contributed by atoms with van der Waals surface area (Å²) in [6.45, 7) is 2.40. The molecular weight excluding hydrogens is 284 g/mol. The average Bonchev–Trinajstić information content (AvgIpc) is 2.92. The van der Waals surface area contributed by atoms with Crippen molar-refractivity contribution in [2.24, 2.45) is 5.73 Å². The summed E-state index contributed by atoms with van der Waals surface area (Å²) < 4.78 is 5.65. The van der Waals surface area contributed by atoms with E-state index in [-0.39, 0.29) is 11.5 Å². The maximum Gasteiger partial charge on any atom is 0.335 e. The number of aromatic carboxylic acids is 1. The molecule has 1 aromatic heterocycles. The number of hydrogen-bond donors (Lipinski definition) is 3. The van der Waals surface area contributed by atoms with Gasteiger partial charge in [-0.05, 0) is 37.1 Å². The number of nitrogens with one attached hydrogen (secondary N) is 1. The van der Waals surface area contributed by atoms with Crippen LogP contribution in [0.3, 0.4) is 0 Å². The third-order valence-electron chi connectivity index (χ3n) is 3.49. The zero-order valence-corrected chi connectivity index (χ0v) is 12.5. The van der Waals surface area contributed by atoms with Gasteiger partial charge in [0.15, 0.2) is 0 Å². The van der Waals surface area contributed by atoms with Crippen LogP contribution in [0.5, 0.6) is 0 Å². The zero-order chi connectivity index (χ0) is 16.1. The average molecular weight is 304 g/mol. The molecule has 0 radical (unpaired) electrons. The van der Waals surface area contributed by atoms with E-state index in [1.165, 1.54) is 6.07 Å². The highest BCUT2D eigenvalue weighted by Gasteiger charge is 2.10. The van der Waals surface area contributed by atoms with Crippen molar-refractivity contribution >= 4 is 22.8 Å². The van der Waals surface area contributed by atoms with Crippen LogP contribution in [0.25, 0.3) is 11.0 Å². The number of benzene rings is 1. The van der Waals surface area contributed by atoms with E-state index in [2.05, 4.69) is 5.32 Å². The third-order valence-corrected chi connectivity index (χ3v) is 3.49. The maximum absolute atomic E-state index is 11.5. The number of hydrogen-bond acceptors (Lipinski definition) is 4. The number of carbonyl (C=O) groups is 2. The summed E-state index contributed by atoms with van der Waals surface area (Å²) in [6, 6.07) is 6.14. The van der Waals surface area contributed by atoms with Gasteiger partial charge in [0.05, 0.1) is 11.6 Å². The van der Waals surface area contributed by atoms with Crippen molar-refractivity contribution in [3.63, 3.8) is 0 Å². The second-order valence-electron chi connectivity index (χ2n) is 5.18. The molecule has 0 aliphatic carbocycles. The second kappa shape index (κ2) is 7.09. The number of rotatable bonds is 7. The summed E-state index contributed by atoms with van der Waals surface area (Å²) >= 11 is 0. The first kappa shape index (κ1) is 16.0. The van der Waals surface area contributed by atoms with Crippen molar-refractivity contribution in [2.45, 2.75) is 32.2 Å². The SMILES string of the molecule is CC[C@H](N)C(=O)NCCCc1cc2cc(C(=O)O)ccc2o1. The van der Waals surface area contributed by atoms with E-state index in [9.17, 15) is 9.59 Å². The highest BCUT2D eigenvalue weighted by atomic mass is 16.4. The lowest BCUT2D eigenvalue weighted by Crippen LogP contribution is -2.40. The molecule has 0 bridgehead atoms. The fraction of sp³-hybridized carbons (Fsp3) is 0.375. The molecule has 6 heteroatoms. The Morgan fingerprint density at radius 2 is 2.14 bits per heavy atom. The minimum absolute atomic E-state index is 0.141. The minimum atomic E-state index is -0.959. The molecule has 2 aromatic rings. The Kier molecular flexibility index (Phi) is 5.16. The summed E-state index contributed by atoms with van der Waals surface area (Å²) in [4.78, 5) is 22.4. The molecule has 0 aliphatic rings. The molecule has 0 saturated heterocycles. The van der Waals surface area contributed by atoms with E-state index >= 15 is 0 Å². The molecule has 1 aromatic carbocycles. The second-order valence-corrected chi connectivity index (χ2v) is 5.18. The van der Waals surface area contributed by atoms with Crippen LogP contribution < -0.4 is 11.1 Å². The topological polar surface area (TPSA) is 106 Å². The van der Waals surface area contributed by atoms with Crippen LogP contribution in [-0.4, -0.2) is 29.6 Å². The van der Waals surface area contributed by atoms with E-state index in [0.29, 0.717) is 25.0 Å². The molecule has 2 rings (SSSR count). The summed E-state index contributed by atoms with van der Waals surface area (Å²) in [5, 5.41) is 12.5. The Labute approximate surface area is 128 Å². The monoisotopic (exact) mass is 304 g/mol. The fourth-order valence-electron chi connectivity index (χ4n) is 2.15. The molecule has 0 unspecified atom stereocenters. The van der Waals surface area contributed by atoms with E-state index < -0.39 is 12.0 Å². The number of aryl methyl sites for hydroxylation is 1. The lowest BCUT2D eigenvalue weighted by Gasteiger charge is -2.09. The number of amides is 1. The summed E-state index contributed by atoms with van der Waals surface area (Å²) in [7, 11) is 0. The molecule has 22 heavy (non-hydrogen) atoms. The van der Waals surface area contributed by atoms with Gasteiger partial charge in [0.1, 0.15) is 11.3 Å². The Morgan fingerprint density at radius 3 is 2.82 bits per heavy atom. The molecule has 1 atom stereocenters. The Morgan fingerprint density at radius 1 is 1.36 bits per heavy atom. The molecule has 1 amide bonds. The van der Waals surface area contributed by atoms with Crippen molar-refractivity contribution in [2.75, 3.05) is 6.54 Å². The van der Waals surface area contributed by atoms with Crippen LogP contribution in [0, 0.1) is 0 Å². The van der Waals surface area contributed by atoms with Gasteiger partial charge in [0.25, 0.3) is 0 Å². The Balaban J connectivity index is 1.90. The van der Waals surface area contributed by atoms with Gasteiger partial charge in [0.2, 0.25) is 5.91 Å². The van der Waals surface area contributed by atoms with Crippen molar-refractivity contribution < 1.29 is 19.1 Å². The number of carboxylic acid groups (broad SMARTS) is 1. The molecule has 0 saturated carbocycles. The number of carboxylic acids is 1. The van der Waals surface area contributed by atoms with E-state index in [1.807, 2.05) is 13.0 Å². The minimum Gasteiger partial charge on any atom is -0.478 e. The van der Waals surface area contributed by atoms with Gasteiger partial charge in [-0.25, -0.2) is 4.79 Å². The highest BCUT2D eigenvalue weighted by molar-refractivity contribution is 5.93. The molecular formula is C16H20N2O4. The normalized spacial score (nSPS) is 12.3. The smallest absolute Gasteiger partial charge is 0.335 e. The molecule has 0 aliphatic heterocycles. The standard InChI is InChI=1S/C16H20N2O4/c1-2-13(17)15(19)18-7-3-4-12-9-11-8-10(16(20)21)5-6-14(11)22-12/h5-6,8-9,13H,2-4,7,17H2,1H3,(H,18,19)(H,20,21)/t13-/m0/s1. The number of nitrogens with two attached hydrogens (primary N) is 1. The molecule has 0 spiro atoms. The zero-order valence-electron chi connectivity index (χ0n) is 12.5. The fourth-order valence-corrected chi connectivity index (χ4v) is 2.15. The highest BCUT2D eigenvalue weighted by Crippen LogP contribution is 2.21. The van der Waals surface area contributed by atoms with Gasteiger partial charge in [-0.2, -0.15) is 0 Å². The lowest BCUT2D eigenvalue weighted by molar-refractivity contribution is -0.122. The molecule has 6 nitrogen and oxygen atoms in total. The van der Waals surface area contributed by atoms with Gasteiger partial charge in [-0.3, -0.25) is 4.79 Å². The van der Waals surface area contributed by atoms with Crippen LogP contribution in [0.15, 0.2) is 28.7 Å². The molecule has 118 valence electrons. The van der Waals surface area contributed by atoms with Crippen molar-refractivity contribution in [1.82, 2.24) is 5.32 Å². The lowest BCUT2D eigenvalue weighted by atomic mass is 10.1. The quantitative estimate of drug-likeness (QED) is 0.678. The van der Waals surface area contributed by atoms with E-state index in [4.69, 9.17) is 15.3 Å². The largest absolute Gasteiger partial charge is 0.478 e. The summed E-state index contributed by atoms with van der Waals surface area (Å²) in [5.74, 6) is -0.329. The molecule has 1 heterocycles. The van der Waals surface area contributed by atoms with Gasteiger partial charge in [0, 0.05) is 18.4 Å².